The molecule has 0 amide bonds. The van der Waals surface area contributed by atoms with Gasteiger partial charge in [-0.25, -0.2) is 4.99 Å². The number of hydrogen-bond acceptors (Lipinski definition) is 2. The first kappa shape index (κ1) is 20.9. The first-order valence-corrected chi connectivity index (χ1v) is 7.45. The quantitative estimate of drug-likeness (QED) is 0.294. The highest BCUT2D eigenvalue weighted by molar-refractivity contribution is 14.0. The van der Waals surface area contributed by atoms with Gasteiger partial charge in [-0.05, 0) is 26.0 Å². The van der Waals surface area contributed by atoms with Gasteiger partial charge in [-0.1, -0.05) is 34.8 Å². The van der Waals surface area contributed by atoms with Crippen LogP contribution in [0, 0.1) is 0 Å². The molecule has 0 bridgehead atoms. The molecule has 0 atom stereocenters. The molecule has 0 aliphatic carbocycles. The minimum Gasteiger partial charge on any atom is -0.489 e. The van der Waals surface area contributed by atoms with Crippen LogP contribution in [0.2, 0.25) is 15.1 Å². The number of rotatable bonds is 6. The van der Waals surface area contributed by atoms with Crippen molar-refractivity contribution in [3.05, 3.63) is 27.2 Å². The summed E-state index contributed by atoms with van der Waals surface area (Å²) in [4.78, 5) is 6.20. The molecule has 0 fully saturated rings. The molecule has 0 saturated heterocycles. The van der Waals surface area contributed by atoms with Gasteiger partial charge in [-0.3, -0.25) is 0 Å². The number of guanidine groups is 1. The fraction of sp³-hybridized carbons (Fsp3) is 0.462. The third kappa shape index (κ3) is 6.67. The van der Waals surface area contributed by atoms with Gasteiger partial charge < -0.3 is 15.4 Å². The number of benzene rings is 1. The van der Waals surface area contributed by atoms with Crippen LogP contribution < -0.4 is 10.5 Å². The van der Waals surface area contributed by atoms with Gasteiger partial charge in [-0.15, -0.1) is 24.0 Å². The van der Waals surface area contributed by atoms with Gasteiger partial charge in [-0.2, -0.15) is 0 Å². The summed E-state index contributed by atoms with van der Waals surface area (Å²) in [5.41, 5.74) is 5.85. The van der Waals surface area contributed by atoms with Gasteiger partial charge in [0.05, 0.1) is 16.6 Å². The molecule has 21 heavy (non-hydrogen) atoms. The van der Waals surface area contributed by atoms with Crippen molar-refractivity contribution in [2.24, 2.45) is 10.7 Å². The van der Waals surface area contributed by atoms with Crippen LogP contribution >= 0.6 is 58.8 Å². The minimum atomic E-state index is 0. The Kier molecular flexibility index (Phi) is 10.5. The maximum Gasteiger partial charge on any atom is 0.191 e. The molecule has 8 heteroatoms. The first-order chi connectivity index (χ1) is 9.49. The summed E-state index contributed by atoms with van der Waals surface area (Å²) in [5.74, 6) is 0.918. The van der Waals surface area contributed by atoms with E-state index < -0.39 is 0 Å². The van der Waals surface area contributed by atoms with Crippen LogP contribution in [0.15, 0.2) is 17.1 Å². The van der Waals surface area contributed by atoms with Crippen LogP contribution in [0.25, 0.3) is 0 Å². The summed E-state index contributed by atoms with van der Waals surface area (Å²) in [6.07, 6.45) is 0. The maximum atomic E-state index is 6.01. The molecule has 1 rings (SSSR count). The van der Waals surface area contributed by atoms with E-state index in [9.17, 15) is 0 Å². The monoisotopic (exact) mass is 465 g/mol. The normalized spacial score (nSPS) is 11.0. The second-order valence-electron chi connectivity index (χ2n) is 3.96. The fourth-order valence-electron chi connectivity index (χ4n) is 1.62. The van der Waals surface area contributed by atoms with E-state index in [0.717, 1.165) is 13.1 Å². The fourth-order valence-corrected chi connectivity index (χ4v) is 2.55. The molecule has 0 radical (unpaired) electrons. The van der Waals surface area contributed by atoms with Gasteiger partial charge in [0, 0.05) is 18.1 Å². The molecule has 0 aliphatic rings. The highest BCUT2D eigenvalue weighted by atomic mass is 127. The average molecular weight is 467 g/mol. The smallest absolute Gasteiger partial charge is 0.191 e. The first-order valence-electron chi connectivity index (χ1n) is 6.31. The van der Waals surface area contributed by atoms with Crippen molar-refractivity contribution in [1.29, 1.82) is 0 Å². The van der Waals surface area contributed by atoms with E-state index in [4.69, 9.17) is 45.3 Å². The molecule has 0 heterocycles. The van der Waals surface area contributed by atoms with Crippen LogP contribution in [-0.4, -0.2) is 37.1 Å². The Morgan fingerprint density at radius 2 is 1.71 bits per heavy atom. The number of halogens is 4. The molecule has 4 nitrogen and oxygen atoms in total. The summed E-state index contributed by atoms with van der Waals surface area (Å²) in [6, 6.07) is 3.16. The predicted molar refractivity (Wildman–Crippen MR) is 102 cm³/mol. The van der Waals surface area contributed by atoms with Crippen LogP contribution in [-0.2, 0) is 0 Å². The van der Waals surface area contributed by atoms with E-state index in [2.05, 4.69) is 4.99 Å². The topological polar surface area (TPSA) is 50.8 Å². The Hall–Kier alpha value is -0.110. The highest BCUT2D eigenvalue weighted by Gasteiger charge is 2.09. The SMILES string of the molecule is CCN(CC)C(N)=NCCOc1c(Cl)cc(Cl)cc1Cl.I. The number of nitrogens with two attached hydrogens (primary N) is 1. The Labute approximate surface area is 157 Å². The Bertz CT molecular complexity index is 459. The van der Waals surface area contributed by atoms with Crippen molar-refractivity contribution in [2.45, 2.75) is 13.8 Å². The lowest BCUT2D eigenvalue weighted by atomic mass is 10.3. The molecule has 1 aromatic carbocycles. The molecule has 1 aromatic rings. The summed E-state index contributed by atoms with van der Waals surface area (Å²) >= 11 is 17.8. The summed E-state index contributed by atoms with van der Waals surface area (Å²) in [6.45, 7) is 6.45. The van der Waals surface area contributed by atoms with E-state index in [1.54, 1.807) is 12.1 Å². The average Bonchev–Trinajstić information content (AvgIpc) is 2.38. The Morgan fingerprint density at radius 3 is 2.19 bits per heavy atom. The summed E-state index contributed by atoms with van der Waals surface area (Å²) in [7, 11) is 0. The second kappa shape index (κ2) is 10.6. The molecular weight excluding hydrogens is 447 g/mol. The molecule has 0 aliphatic heterocycles. The van der Waals surface area contributed by atoms with Gasteiger partial charge in [0.25, 0.3) is 0 Å². The third-order valence-corrected chi connectivity index (χ3v) is 3.44. The van der Waals surface area contributed by atoms with E-state index in [-0.39, 0.29) is 24.0 Å². The molecule has 0 saturated carbocycles. The molecule has 120 valence electrons. The van der Waals surface area contributed by atoms with Crippen LogP contribution in [0.5, 0.6) is 5.75 Å². The number of ether oxygens (including phenoxy) is 1. The summed E-state index contributed by atoms with van der Waals surface area (Å²) in [5, 5.41) is 1.22. The number of nitrogens with zero attached hydrogens (tertiary/aromatic N) is 2. The van der Waals surface area contributed by atoms with Crippen molar-refractivity contribution in [1.82, 2.24) is 4.90 Å². The molecule has 0 aromatic heterocycles. The van der Waals surface area contributed by atoms with Gasteiger partial charge >= 0.3 is 0 Å². The Morgan fingerprint density at radius 1 is 1.19 bits per heavy atom. The molecule has 0 spiro atoms. The number of aliphatic imine (C=N–C) groups is 1. The van der Waals surface area contributed by atoms with Crippen molar-refractivity contribution < 1.29 is 4.74 Å². The lowest BCUT2D eigenvalue weighted by molar-refractivity contribution is 0.328. The lowest BCUT2D eigenvalue weighted by Crippen LogP contribution is -2.37. The molecule has 0 unspecified atom stereocenters. The third-order valence-electron chi connectivity index (χ3n) is 2.66. The highest BCUT2D eigenvalue weighted by Crippen LogP contribution is 2.35. The zero-order valence-electron chi connectivity index (χ0n) is 11.9. The number of hydrogen-bond donors (Lipinski definition) is 1. The van der Waals surface area contributed by atoms with Crippen molar-refractivity contribution in [2.75, 3.05) is 26.2 Å². The van der Waals surface area contributed by atoms with Crippen molar-refractivity contribution >= 4 is 64.7 Å². The van der Waals surface area contributed by atoms with Crippen molar-refractivity contribution in [3.8, 4) is 5.75 Å². The minimum absolute atomic E-state index is 0. The Balaban J connectivity index is 0.00000400. The van der Waals surface area contributed by atoms with Gasteiger partial charge in [0.1, 0.15) is 6.61 Å². The van der Waals surface area contributed by atoms with Crippen LogP contribution in [0.3, 0.4) is 0 Å². The van der Waals surface area contributed by atoms with E-state index in [1.807, 2.05) is 18.7 Å². The van der Waals surface area contributed by atoms with E-state index in [1.165, 1.54) is 0 Å². The zero-order valence-corrected chi connectivity index (χ0v) is 16.5. The molecule has 2 N–H and O–H groups in total. The van der Waals surface area contributed by atoms with Crippen LogP contribution in [0.4, 0.5) is 0 Å². The second-order valence-corrected chi connectivity index (χ2v) is 5.21. The van der Waals surface area contributed by atoms with Gasteiger partial charge in [0.2, 0.25) is 0 Å². The van der Waals surface area contributed by atoms with Crippen LogP contribution in [0.1, 0.15) is 13.8 Å². The molecular formula is C13H19Cl3IN3O. The van der Waals surface area contributed by atoms with E-state index in [0.29, 0.717) is 39.9 Å². The largest absolute Gasteiger partial charge is 0.489 e. The lowest BCUT2D eigenvalue weighted by Gasteiger charge is -2.19. The van der Waals surface area contributed by atoms with Gasteiger partial charge in [0.15, 0.2) is 11.7 Å². The summed E-state index contributed by atoms with van der Waals surface area (Å²) < 4.78 is 5.52. The zero-order chi connectivity index (χ0) is 15.1. The maximum absolute atomic E-state index is 6.01. The van der Waals surface area contributed by atoms with Crippen molar-refractivity contribution in [3.63, 3.8) is 0 Å². The standard InChI is InChI=1S/C13H18Cl3N3O.HI/c1-3-19(4-2)13(17)18-5-6-20-12-10(15)7-9(14)8-11(12)16;/h7-8H,3-6H2,1-2H3,(H2,17,18);1H. The van der Waals surface area contributed by atoms with E-state index >= 15 is 0 Å². The predicted octanol–water partition coefficient (Wildman–Crippen LogP) is 4.30.